The van der Waals surface area contributed by atoms with Gasteiger partial charge in [0.2, 0.25) is 0 Å². The van der Waals surface area contributed by atoms with E-state index in [1.807, 2.05) is 6.26 Å². The van der Waals surface area contributed by atoms with Gasteiger partial charge in [0, 0.05) is 19.2 Å². The van der Waals surface area contributed by atoms with Crippen molar-refractivity contribution in [1.82, 2.24) is 4.90 Å². The number of carbonyl (C=O) groups is 1. The molecular formula is C11H15NO2S2. The molecule has 88 valence electrons. The van der Waals surface area contributed by atoms with Crippen molar-refractivity contribution in [3.63, 3.8) is 0 Å². The van der Waals surface area contributed by atoms with Crippen molar-refractivity contribution in [2.75, 3.05) is 19.8 Å². The number of thiol groups is 1. The Morgan fingerprint density at radius 3 is 2.88 bits per heavy atom. The highest BCUT2D eigenvalue weighted by Gasteiger charge is 2.14. The summed E-state index contributed by atoms with van der Waals surface area (Å²) in [5.41, 5.74) is 0.490. The molecule has 3 nitrogen and oxygen atoms in total. The molecule has 0 saturated heterocycles. The van der Waals surface area contributed by atoms with Crippen molar-refractivity contribution in [2.24, 2.45) is 0 Å². The van der Waals surface area contributed by atoms with Gasteiger partial charge < -0.3 is 10.0 Å². The Morgan fingerprint density at radius 2 is 2.31 bits per heavy atom. The number of hydrogen-bond acceptors (Lipinski definition) is 4. The SMILES string of the molecule is CSC(S)CN(C)C(=O)c1cccc(O)c1. The zero-order valence-corrected chi connectivity index (χ0v) is 11.0. The number of amides is 1. The van der Waals surface area contributed by atoms with Gasteiger partial charge in [-0.05, 0) is 24.5 Å². The molecule has 1 atom stereocenters. The molecule has 1 N–H and O–H groups in total. The van der Waals surface area contributed by atoms with Crippen LogP contribution >= 0.6 is 24.4 Å². The number of nitrogens with zero attached hydrogens (tertiary/aromatic N) is 1. The second kappa shape index (κ2) is 6.06. The smallest absolute Gasteiger partial charge is 0.253 e. The minimum atomic E-state index is -0.107. The second-order valence-electron chi connectivity index (χ2n) is 3.43. The van der Waals surface area contributed by atoms with E-state index in [1.165, 1.54) is 6.07 Å². The summed E-state index contributed by atoms with van der Waals surface area (Å²) in [5, 5.41) is 9.28. The maximum absolute atomic E-state index is 11.9. The first-order chi connectivity index (χ1) is 7.54. The van der Waals surface area contributed by atoms with Crippen molar-refractivity contribution in [2.45, 2.75) is 4.58 Å². The summed E-state index contributed by atoms with van der Waals surface area (Å²) < 4.78 is 0.103. The van der Waals surface area contributed by atoms with E-state index in [-0.39, 0.29) is 16.2 Å². The van der Waals surface area contributed by atoms with Crippen LogP contribution < -0.4 is 0 Å². The molecule has 0 aliphatic carbocycles. The number of aromatic hydroxyl groups is 1. The number of benzene rings is 1. The van der Waals surface area contributed by atoms with Gasteiger partial charge in [-0.1, -0.05) is 6.07 Å². The summed E-state index contributed by atoms with van der Waals surface area (Å²) >= 11 is 5.91. The van der Waals surface area contributed by atoms with E-state index in [0.717, 1.165) is 0 Å². The standard InChI is InChI=1S/C11H15NO2S2/c1-12(7-10(15)16-2)11(14)8-4-3-5-9(13)6-8/h3-6,10,13,15H,7H2,1-2H3. The normalized spacial score (nSPS) is 12.2. The lowest BCUT2D eigenvalue weighted by molar-refractivity contribution is 0.0801. The average Bonchev–Trinajstić information content (AvgIpc) is 2.27. The lowest BCUT2D eigenvalue weighted by Gasteiger charge is -2.20. The van der Waals surface area contributed by atoms with E-state index in [0.29, 0.717) is 12.1 Å². The second-order valence-corrected chi connectivity index (χ2v) is 5.44. The Morgan fingerprint density at radius 1 is 1.62 bits per heavy atom. The fourth-order valence-electron chi connectivity index (χ4n) is 1.25. The molecular weight excluding hydrogens is 242 g/mol. The number of carbonyl (C=O) groups excluding carboxylic acids is 1. The number of hydrogen-bond donors (Lipinski definition) is 2. The van der Waals surface area contributed by atoms with Gasteiger partial charge in [-0.3, -0.25) is 4.79 Å². The molecule has 0 aromatic heterocycles. The summed E-state index contributed by atoms with van der Waals surface area (Å²) in [6.45, 7) is 0.568. The summed E-state index contributed by atoms with van der Waals surface area (Å²) in [6, 6.07) is 6.35. The van der Waals surface area contributed by atoms with Gasteiger partial charge in [0.15, 0.2) is 0 Å². The van der Waals surface area contributed by atoms with Gasteiger partial charge in [0.1, 0.15) is 5.75 Å². The molecule has 5 heteroatoms. The third kappa shape index (κ3) is 3.64. The summed E-state index contributed by atoms with van der Waals surface area (Å²) in [4.78, 5) is 13.5. The third-order valence-corrected chi connectivity index (χ3v) is 3.63. The largest absolute Gasteiger partial charge is 0.508 e. The van der Waals surface area contributed by atoms with Gasteiger partial charge in [0.25, 0.3) is 5.91 Å². The lowest BCUT2D eigenvalue weighted by atomic mass is 10.2. The van der Waals surface area contributed by atoms with Crippen LogP contribution in [0.4, 0.5) is 0 Å². The molecule has 16 heavy (non-hydrogen) atoms. The molecule has 1 rings (SSSR count). The molecule has 1 aromatic carbocycles. The van der Waals surface area contributed by atoms with Crippen molar-refractivity contribution in [3.8, 4) is 5.75 Å². The number of thioether (sulfide) groups is 1. The molecule has 0 radical (unpaired) electrons. The highest BCUT2D eigenvalue weighted by Crippen LogP contribution is 2.15. The maximum Gasteiger partial charge on any atom is 0.253 e. The maximum atomic E-state index is 11.9. The molecule has 0 fully saturated rings. The zero-order chi connectivity index (χ0) is 12.1. The van der Waals surface area contributed by atoms with Crippen molar-refractivity contribution in [3.05, 3.63) is 29.8 Å². The molecule has 1 aromatic rings. The van der Waals surface area contributed by atoms with Crippen LogP contribution in [-0.2, 0) is 0 Å². The zero-order valence-electron chi connectivity index (χ0n) is 9.25. The topological polar surface area (TPSA) is 40.5 Å². The number of phenols is 1. The molecule has 0 aliphatic rings. The minimum absolute atomic E-state index is 0.103. The Bertz CT molecular complexity index is 371. The van der Waals surface area contributed by atoms with E-state index in [4.69, 9.17) is 0 Å². The molecule has 0 spiro atoms. The Hall–Kier alpha value is -0.810. The van der Waals surface area contributed by atoms with Gasteiger partial charge in [-0.2, -0.15) is 12.6 Å². The van der Waals surface area contributed by atoms with E-state index >= 15 is 0 Å². The Labute approximate surface area is 105 Å². The van der Waals surface area contributed by atoms with E-state index in [2.05, 4.69) is 12.6 Å². The Balaban J connectivity index is 2.70. The molecule has 0 bridgehead atoms. The molecule has 0 aliphatic heterocycles. The summed E-state index contributed by atoms with van der Waals surface area (Å²) in [6.07, 6.45) is 1.95. The van der Waals surface area contributed by atoms with Gasteiger partial charge in [-0.15, -0.1) is 11.8 Å². The fraction of sp³-hybridized carbons (Fsp3) is 0.364. The quantitative estimate of drug-likeness (QED) is 0.641. The lowest BCUT2D eigenvalue weighted by Crippen LogP contribution is -2.31. The predicted octanol–water partition coefficient (Wildman–Crippen LogP) is 2.08. The molecule has 1 amide bonds. The van der Waals surface area contributed by atoms with E-state index in [1.54, 1.807) is 41.9 Å². The molecule has 1 unspecified atom stereocenters. The van der Waals surface area contributed by atoms with Crippen LogP contribution in [0.15, 0.2) is 24.3 Å². The van der Waals surface area contributed by atoms with Crippen molar-refractivity contribution >= 4 is 30.3 Å². The first-order valence-electron chi connectivity index (χ1n) is 4.80. The van der Waals surface area contributed by atoms with Gasteiger partial charge in [-0.25, -0.2) is 0 Å². The van der Waals surface area contributed by atoms with Crippen molar-refractivity contribution < 1.29 is 9.90 Å². The highest BCUT2D eigenvalue weighted by atomic mass is 32.2. The van der Waals surface area contributed by atoms with Crippen LogP contribution in [0.3, 0.4) is 0 Å². The van der Waals surface area contributed by atoms with Crippen molar-refractivity contribution in [1.29, 1.82) is 0 Å². The first-order valence-corrected chi connectivity index (χ1v) is 6.60. The van der Waals surface area contributed by atoms with Crippen LogP contribution in [0, 0.1) is 0 Å². The molecule has 0 heterocycles. The predicted molar refractivity (Wildman–Crippen MR) is 71.4 cm³/mol. The monoisotopic (exact) mass is 257 g/mol. The summed E-state index contributed by atoms with van der Waals surface area (Å²) in [5.74, 6) is -0.00413. The van der Waals surface area contributed by atoms with Crippen LogP contribution in [0.1, 0.15) is 10.4 Å². The van der Waals surface area contributed by atoms with Crippen LogP contribution in [0.2, 0.25) is 0 Å². The third-order valence-electron chi connectivity index (χ3n) is 2.14. The van der Waals surface area contributed by atoms with Gasteiger partial charge >= 0.3 is 0 Å². The summed E-state index contributed by atoms with van der Waals surface area (Å²) in [7, 11) is 1.73. The van der Waals surface area contributed by atoms with Crippen LogP contribution in [0.25, 0.3) is 0 Å². The highest BCUT2D eigenvalue weighted by molar-refractivity contribution is 8.09. The van der Waals surface area contributed by atoms with Crippen LogP contribution in [0.5, 0.6) is 5.75 Å². The fourth-order valence-corrected chi connectivity index (χ4v) is 1.87. The van der Waals surface area contributed by atoms with Gasteiger partial charge in [0.05, 0.1) is 4.58 Å². The van der Waals surface area contributed by atoms with E-state index < -0.39 is 0 Å². The number of rotatable bonds is 4. The van der Waals surface area contributed by atoms with E-state index in [9.17, 15) is 9.90 Å². The van der Waals surface area contributed by atoms with Crippen LogP contribution in [-0.4, -0.2) is 40.3 Å². The minimum Gasteiger partial charge on any atom is -0.508 e. The Kier molecular flexibility index (Phi) is 5.02. The average molecular weight is 257 g/mol. The first kappa shape index (κ1) is 13.3. The number of phenolic OH excluding ortho intramolecular Hbond substituents is 1. The molecule has 0 saturated carbocycles.